The molecule has 0 N–H and O–H groups in total. The van der Waals surface area contributed by atoms with E-state index in [4.69, 9.17) is 4.74 Å². The van der Waals surface area contributed by atoms with Crippen molar-refractivity contribution < 1.29 is 14.3 Å². The summed E-state index contributed by atoms with van der Waals surface area (Å²) in [4.78, 5) is 24.8. The van der Waals surface area contributed by atoms with Crippen molar-refractivity contribution in [3.8, 4) is 0 Å². The molecule has 7 atom stereocenters. The lowest BCUT2D eigenvalue weighted by atomic mass is 9.45. The van der Waals surface area contributed by atoms with Crippen LogP contribution in [0, 0.1) is 34.5 Å². The van der Waals surface area contributed by atoms with Crippen LogP contribution in [0.4, 0.5) is 0 Å². The van der Waals surface area contributed by atoms with Crippen LogP contribution in [-0.2, 0) is 9.53 Å². The van der Waals surface area contributed by atoms with Crippen molar-refractivity contribution in [3.63, 3.8) is 0 Å². The molecule has 0 heterocycles. The summed E-state index contributed by atoms with van der Waals surface area (Å²) >= 11 is 0. The number of Topliss-reactive ketones (excluding diaryl/α,β-unsaturated/α-hetero) is 1. The Balaban J connectivity index is 1.34. The number of fused-ring (bicyclic) bond motifs is 5. The average molecular weight is 395 g/mol. The van der Waals surface area contributed by atoms with E-state index in [1.807, 2.05) is 30.3 Å². The molecule has 1 aromatic carbocycles. The van der Waals surface area contributed by atoms with E-state index in [2.05, 4.69) is 13.8 Å². The molecule has 0 bridgehead atoms. The number of ether oxygens (including phenoxy) is 1. The first-order chi connectivity index (χ1) is 13.9. The van der Waals surface area contributed by atoms with Gasteiger partial charge in [0.1, 0.15) is 11.9 Å². The molecule has 3 heteroatoms. The number of carbonyl (C=O) groups is 2. The second kappa shape index (κ2) is 6.96. The molecule has 5 rings (SSSR count). The Morgan fingerprint density at radius 1 is 0.931 bits per heavy atom. The van der Waals surface area contributed by atoms with Crippen LogP contribution < -0.4 is 0 Å². The molecule has 1 aromatic rings. The Kier molecular flexibility index (Phi) is 4.64. The highest BCUT2D eigenvalue weighted by atomic mass is 16.5. The first-order valence-electron chi connectivity index (χ1n) is 11.7. The van der Waals surface area contributed by atoms with E-state index in [-0.39, 0.29) is 17.5 Å². The summed E-state index contributed by atoms with van der Waals surface area (Å²) in [6.07, 6.45) is 9.79. The lowest BCUT2D eigenvalue weighted by molar-refractivity contribution is -0.142. The highest BCUT2D eigenvalue weighted by molar-refractivity contribution is 5.89. The minimum Gasteiger partial charge on any atom is -0.458 e. The molecule has 29 heavy (non-hydrogen) atoms. The van der Waals surface area contributed by atoms with Gasteiger partial charge in [-0.3, -0.25) is 4.79 Å². The van der Waals surface area contributed by atoms with Gasteiger partial charge in [0.05, 0.1) is 5.56 Å². The SMILES string of the molecule is C[C@]12CCC(=O)C[C@@H]1CC[C@H]1[C@H]3CC[C@H](OC(=O)c4ccccc4)[C@@]3(C)CC[C@@H]12. The second-order valence-electron chi connectivity index (χ2n) is 10.8. The monoisotopic (exact) mass is 394 g/mol. The van der Waals surface area contributed by atoms with Gasteiger partial charge in [-0.15, -0.1) is 0 Å². The zero-order valence-corrected chi connectivity index (χ0v) is 17.9. The Bertz CT molecular complexity index is 801. The summed E-state index contributed by atoms with van der Waals surface area (Å²) in [6.45, 7) is 4.88. The van der Waals surface area contributed by atoms with Crippen molar-refractivity contribution in [2.45, 2.75) is 77.7 Å². The summed E-state index contributed by atoms with van der Waals surface area (Å²) in [5.74, 6) is 3.06. The molecule has 4 aliphatic rings. The predicted octanol–water partition coefficient (Wildman–Crippen LogP) is 5.82. The molecule has 0 spiro atoms. The van der Waals surface area contributed by atoms with Crippen molar-refractivity contribution >= 4 is 11.8 Å². The van der Waals surface area contributed by atoms with Gasteiger partial charge in [-0.2, -0.15) is 0 Å². The molecule has 0 saturated heterocycles. The van der Waals surface area contributed by atoms with Crippen molar-refractivity contribution in [2.75, 3.05) is 0 Å². The van der Waals surface area contributed by atoms with Gasteiger partial charge in [0, 0.05) is 18.3 Å². The fourth-order valence-electron chi connectivity index (χ4n) is 7.96. The highest BCUT2D eigenvalue weighted by Gasteiger charge is 2.61. The van der Waals surface area contributed by atoms with E-state index < -0.39 is 0 Å². The zero-order chi connectivity index (χ0) is 20.2. The van der Waals surface area contributed by atoms with Crippen LogP contribution in [0.15, 0.2) is 30.3 Å². The molecule has 0 unspecified atom stereocenters. The third-order valence-corrected chi connectivity index (χ3v) is 9.65. The van der Waals surface area contributed by atoms with Gasteiger partial charge in [-0.1, -0.05) is 32.0 Å². The van der Waals surface area contributed by atoms with E-state index in [1.165, 1.54) is 25.7 Å². The van der Waals surface area contributed by atoms with Crippen LogP contribution in [-0.4, -0.2) is 17.9 Å². The number of benzene rings is 1. The van der Waals surface area contributed by atoms with E-state index >= 15 is 0 Å². The summed E-state index contributed by atoms with van der Waals surface area (Å²) in [6, 6.07) is 9.42. The number of hydrogen-bond acceptors (Lipinski definition) is 3. The number of hydrogen-bond donors (Lipinski definition) is 0. The number of esters is 1. The van der Waals surface area contributed by atoms with Gasteiger partial charge in [0.2, 0.25) is 0 Å². The maximum absolute atomic E-state index is 12.7. The molecule has 4 aliphatic carbocycles. The molecule has 4 fully saturated rings. The topological polar surface area (TPSA) is 43.4 Å². The van der Waals surface area contributed by atoms with E-state index in [1.54, 1.807) is 0 Å². The standard InChI is InChI=1S/C26H34O3/c1-25-14-12-19(27)16-18(25)8-9-20-21-10-11-23(26(21,2)15-13-22(20)25)29-24(28)17-6-4-3-5-7-17/h3-7,18,20-23H,8-16H2,1-2H3/t18-,20-,21+,22-,23-,25-,26-/m0/s1. The summed E-state index contributed by atoms with van der Waals surface area (Å²) in [7, 11) is 0. The van der Waals surface area contributed by atoms with Crippen molar-refractivity contribution in [1.29, 1.82) is 0 Å². The van der Waals surface area contributed by atoms with Gasteiger partial charge < -0.3 is 4.74 Å². The van der Waals surface area contributed by atoms with Crippen molar-refractivity contribution in [1.82, 2.24) is 0 Å². The molecule has 4 saturated carbocycles. The van der Waals surface area contributed by atoms with E-state index in [0.717, 1.165) is 43.9 Å². The first kappa shape index (κ1) is 19.3. The fraction of sp³-hybridized carbons (Fsp3) is 0.692. The third kappa shape index (κ3) is 2.99. The Morgan fingerprint density at radius 2 is 1.69 bits per heavy atom. The Labute approximate surface area is 174 Å². The predicted molar refractivity (Wildman–Crippen MR) is 112 cm³/mol. The van der Waals surface area contributed by atoms with Gasteiger partial charge in [0.25, 0.3) is 0 Å². The molecular weight excluding hydrogens is 360 g/mol. The smallest absolute Gasteiger partial charge is 0.338 e. The summed E-state index contributed by atoms with van der Waals surface area (Å²) in [5, 5.41) is 0. The van der Waals surface area contributed by atoms with Crippen LogP contribution in [0.5, 0.6) is 0 Å². The quantitative estimate of drug-likeness (QED) is 0.593. The normalized spacial score (nSPS) is 43.8. The van der Waals surface area contributed by atoms with Crippen LogP contribution in [0.25, 0.3) is 0 Å². The third-order valence-electron chi connectivity index (χ3n) is 9.65. The van der Waals surface area contributed by atoms with Crippen LogP contribution in [0.2, 0.25) is 0 Å². The molecule has 156 valence electrons. The second-order valence-corrected chi connectivity index (χ2v) is 10.8. The summed E-state index contributed by atoms with van der Waals surface area (Å²) in [5.41, 5.74) is 1.11. The maximum atomic E-state index is 12.7. The van der Waals surface area contributed by atoms with Crippen LogP contribution >= 0.6 is 0 Å². The van der Waals surface area contributed by atoms with Gasteiger partial charge in [-0.05, 0) is 86.2 Å². The number of carbonyl (C=O) groups excluding carboxylic acids is 2. The molecular formula is C26H34O3. The minimum absolute atomic E-state index is 0.0413. The molecule has 0 aliphatic heterocycles. The molecule has 0 radical (unpaired) electrons. The zero-order valence-electron chi connectivity index (χ0n) is 17.9. The lowest BCUT2D eigenvalue weighted by Crippen LogP contribution is -2.54. The largest absolute Gasteiger partial charge is 0.458 e. The van der Waals surface area contributed by atoms with Crippen molar-refractivity contribution in [3.05, 3.63) is 35.9 Å². The molecule has 0 amide bonds. The van der Waals surface area contributed by atoms with Gasteiger partial charge in [0.15, 0.2) is 0 Å². The van der Waals surface area contributed by atoms with Gasteiger partial charge in [-0.25, -0.2) is 4.79 Å². The lowest BCUT2D eigenvalue weighted by Gasteiger charge is -2.60. The van der Waals surface area contributed by atoms with E-state index in [9.17, 15) is 9.59 Å². The first-order valence-corrected chi connectivity index (χ1v) is 11.7. The van der Waals surface area contributed by atoms with Crippen LogP contribution in [0.1, 0.15) is 82.0 Å². The van der Waals surface area contributed by atoms with Crippen molar-refractivity contribution in [2.24, 2.45) is 34.5 Å². The maximum Gasteiger partial charge on any atom is 0.338 e. The Hall–Kier alpha value is -1.64. The number of ketones is 1. The average Bonchev–Trinajstić information content (AvgIpc) is 3.05. The fourth-order valence-corrected chi connectivity index (χ4v) is 7.96. The summed E-state index contributed by atoms with van der Waals surface area (Å²) < 4.78 is 6.11. The minimum atomic E-state index is -0.166. The van der Waals surface area contributed by atoms with E-state index in [0.29, 0.717) is 28.6 Å². The highest BCUT2D eigenvalue weighted by Crippen LogP contribution is 2.66. The Morgan fingerprint density at radius 3 is 2.48 bits per heavy atom. The van der Waals surface area contributed by atoms with Gasteiger partial charge >= 0.3 is 5.97 Å². The van der Waals surface area contributed by atoms with Crippen LogP contribution in [0.3, 0.4) is 0 Å². The molecule has 0 aromatic heterocycles. The number of rotatable bonds is 2. The molecule has 3 nitrogen and oxygen atoms in total.